The molecule has 1 saturated carbocycles. The molecule has 1 amide bonds. The van der Waals surface area contributed by atoms with E-state index in [0.29, 0.717) is 0 Å². The van der Waals surface area contributed by atoms with E-state index in [1.165, 1.54) is 19.6 Å². The van der Waals surface area contributed by atoms with Crippen molar-refractivity contribution in [2.75, 3.05) is 20.2 Å². The fourth-order valence-corrected chi connectivity index (χ4v) is 4.61. The van der Waals surface area contributed by atoms with Crippen molar-refractivity contribution < 1.29 is 22.3 Å². The highest BCUT2D eigenvalue weighted by molar-refractivity contribution is 7.89. The molecule has 0 aromatic heterocycles. The summed E-state index contributed by atoms with van der Waals surface area (Å²) in [5.41, 5.74) is 0. The molecule has 6 nitrogen and oxygen atoms in total. The zero-order valence-corrected chi connectivity index (χ0v) is 15.4. The summed E-state index contributed by atoms with van der Waals surface area (Å²) in [5, 5.41) is 2.90. The second kappa shape index (κ2) is 8.62. The normalized spacial score (nSPS) is 16.0. The van der Waals surface area contributed by atoms with Crippen LogP contribution >= 0.6 is 0 Å². The lowest BCUT2D eigenvalue weighted by Crippen LogP contribution is -2.44. The summed E-state index contributed by atoms with van der Waals surface area (Å²) in [7, 11) is -2.73. The van der Waals surface area contributed by atoms with E-state index in [-0.39, 0.29) is 35.7 Å². The number of nitrogens with one attached hydrogen (secondary N) is 1. The van der Waals surface area contributed by atoms with E-state index < -0.39 is 15.8 Å². The molecule has 1 N–H and O–H groups in total. The van der Waals surface area contributed by atoms with E-state index in [0.717, 1.165) is 42.1 Å². The van der Waals surface area contributed by atoms with Gasteiger partial charge in [-0.15, -0.1) is 0 Å². The second-order valence-corrected chi connectivity index (χ2v) is 8.04. The zero-order valence-electron chi connectivity index (χ0n) is 14.6. The number of amides is 1. The van der Waals surface area contributed by atoms with Crippen LogP contribution in [0.2, 0.25) is 0 Å². The van der Waals surface area contributed by atoms with Crippen LogP contribution < -0.4 is 10.1 Å². The number of ether oxygens (including phenoxy) is 1. The Morgan fingerprint density at radius 3 is 2.60 bits per heavy atom. The first-order chi connectivity index (χ1) is 11.9. The van der Waals surface area contributed by atoms with Crippen LogP contribution in [-0.2, 0) is 14.8 Å². The SMILES string of the molecule is CCN(CC(=O)NC1CCCCC1)S(=O)(=O)c1cc(F)ccc1OC. The van der Waals surface area contributed by atoms with Crippen LogP contribution in [0.3, 0.4) is 0 Å². The summed E-state index contributed by atoms with van der Waals surface area (Å²) in [6.45, 7) is 1.44. The van der Waals surface area contributed by atoms with E-state index in [2.05, 4.69) is 5.32 Å². The lowest BCUT2D eigenvalue weighted by molar-refractivity contribution is -0.122. The monoisotopic (exact) mass is 372 g/mol. The smallest absolute Gasteiger partial charge is 0.247 e. The quantitative estimate of drug-likeness (QED) is 0.797. The van der Waals surface area contributed by atoms with Gasteiger partial charge in [-0.2, -0.15) is 4.31 Å². The molecular formula is C17H25FN2O4S. The maximum absolute atomic E-state index is 13.5. The average molecular weight is 372 g/mol. The molecule has 0 radical (unpaired) electrons. The molecule has 140 valence electrons. The van der Waals surface area contributed by atoms with Crippen LogP contribution in [-0.4, -0.2) is 44.9 Å². The Bertz CT molecular complexity index is 703. The first-order valence-electron chi connectivity index (χ1n) is 8.51. The van der Waals surface area contributed by atoms with Crippen LogP contribution in [0.1, 0.15) is 39.0 Å². The van der Waals surface area contributed by atoms with Crippen LogP contribution in [0.15, 0.2) is 23.1 Å². The molecule has 0 spiro atoms. The van der Waals surface area contributed by atoms with E-state index in [9.17, 15) is 17.6 Å². The second-order valence-electron chi connectivity index (χ2n) is 6.13. The number of sulfonamides is 1. The summed E-state index contributed by atoms with van der Waals surface area (Å²) >= 11 is 0. The lowest BCUT2D eigenvalue weighted by Gasteiger charge is -2.25. The number of nitrogens with zero attached hydrogens (tertiary/aromatic N) is 1. The van der Waals surface area contributed by atoms with Crippen LogP contribution in [0.25, 0.3) is 0 Å². The van der Waals surface area contributed by atoms with Crippen molar-refractivity contribution in [2.45, 2.75) is 50.0 Å². The van der Waals surface area contributed by atoms with Gasteiger partial charge in [-0.1, -0.05) is 26.2 Å². The van der Waals surface area contributed by atoms with Crippen molar-refractivity contribution in [3.63, 3.8) is 0 Å². The standard InChI is InChI=1S/C17H25FN2O4S/c1-3-20(12-17(21)19-14-7-5-4-6-8-14)25(22,23)16-11-13(18)9-10-15(16)24-2/h9-11,14H,3-8,12H2,1-2H3,(H,19,21). The Kier molecular flexibility index (Phi) is 6.78. The van der Waals surface area contributed by atoms with Gasteiger partial charge in [-0.05, 0) is 31.0 Å². The molecule has 0 aliphatic heterocycles. The van der Waals surface area contributed by atoms with Crippen molar-refractivity contribution in [1.82, 2.24) is 9.62 Å². The molecule has 0 saturated heterocycles. The number of halogens is 1. The number of carbonyl (C=O) groups excluding carboxylic acids is 1. The molecule has 0 unspecified atom stereocenters. The number of hydrogen-bond donors (Lipinski definition) is 1. The lowest BCUT2D eigenvalue weighted by atomic mass is 9.95. The Hall–Kier alpha value is -1.67. The van der Waals surface area contributed by atoms with Gasteiger partial charge in [0.1, 0.15) is 16.5 Å². The predicted molar refractivity (Wildman–Crippen MR) is 92.4 cm³/mol. The minimum Gasteiger partial charge on any atom is -0.495 e. The molecule has 8 heteroatoms. The Balaban J connectivity index is 2.15. The minimum absolute atomic E-state index is 0.0486. The van der Waals surface area contributed by atoms with Crippen molar-refractivity contribution >= 4 is 15.9 Å². The average Bonchev–Trinajstić information content (AvgIpc) is 2.60. The van der Waals surface area contributed by atoms with Gasteiger partial charge in [0, 0.05) is 12.6 Å². The highest BCUT2D eigenvalue weighted by atomic mass is 32.2. The summed E-state index contributed by atoms with van der Waals surface area (Å²) < 4.78 is 45.2. The third-order valence-corrected chi connectivity index (χ3v) is 6.33. The van der Waals surface area contributed by atoms with E-state index >= 15 is 0 Å². The first-order valence-corrected chi connectivity index (χ1v) is 9.95. The van der Waals surface area contributed by atoms with Crippen LogP contribution in [0.4, 0.5) is 4.39 Å². The number of rotatable bonds is 7. The predicted octanol–water partition coefficient (Wildman–Crippen LogP) is 2.29. The molecule has 1 aliphatic carbocycles. The number of carbonyl (C=O) groups is 1. The van der Waals surface area contributed by atoms with Gasteiger partial charge >= 0.3 is 0 Å². The summed E-state index contributed by atoms with van der Waals surface area (Å²) in [6.07, 6.45) is 5.15. The Morgan fingerprint density at radius 1 is 1.32 bits per heavy atom. The molecule has 0 bridgehead atoms. The highest BCUT2D eigenvalue weighted by Crippen LogP contribution is 2.27. The minimum atomic E-state index is -4.04. The number of hydrogen-bond acceptors (Lipinski definition) is 4. The molecule has 0 heterocycles. The van der Waals surface area contributed by atoms with E-state index in [1.54, 1.807) is 6.92 Å². The van der Waals surface area contributed by atoms with Gasteiger partial charge in [0.05, 0.1) is 13.7 Å². The van der Waals surface area contributed by atoms with Crippen molar-refractivity contribution in [1.29, 1.82) is 0 Å². The van der Waals surface area contributed by atoms with Crippen molar-refractivity contribution in [3.8, 4) is 5.75 Å². The molecule has 0 atom stereocenters. The number of methoxy groups -OCH3 is 1. The molecule has 1 aromatic carbocycles. The van der Waals surface area contributed by atoms with Crippen molar-refractivity contribution in [3.05, 3.63) is 24.0 Å². The number of benzene rings is 1. The molecule has 1 fully saturated rings. The topological polar surface area (TPSA) is 75.7 Å². The highest BCUT2D eigenvalue weighted by Gasteiger charge is 2.29. The molecule has 1 aromatic rings. The van der Waals surface area contributed by atoms with Gasteiger partial charge in [0.2, 0.25) is 15.9 Å². The maximum Gasteiger partial charge on any atom is 0.247 e. The summed E-state index contributed by atoms with van der Waals surface area (Å²) in [6, 6.07) is 3.41. The molecular weight excluding hydrogens is 347 g/mol. The maximum atomic E-state index is 13.5. The van der Waals surface area contributed by atoms with Gasteiger partial charge in [0.15, 0.2) is 0 Å². The first kappa shape index (κ1) is 19.7. The van der Waals surface area contributed by atoms with Crippen LogP contribution in [0, 0.1) is 5.82 Å². The van der Waals surface area contributed by atoms with Crippen molar-refractivity contribution in [2.24, 2.45) is 0 Å². The summed E-state index contributed by atoms with van der Waals surface area (Å²) in [4.78, 5) is 12.0. The fourth-order valence-electron chi connectivity index (χ4n) is 3.04. The Labute approximate surface area is 148 Å². The molecule has 25 heavy (non-hydrogen) atoms. The van der Waals surface area contributed by atoms with Crippen LogP contribution in [0.5, 0.6) is 5.75 Å². The van der Waals surface area contributed by atoms with Gasteiger partial charge in [0.25, 0.3) is 0 Å². The third kappa shape index (κ3) is 4.92. The van der Waals surface area contributed by atoms with Gasteiger partial charge in [-0.25, -0.2) is 12.8 Å². The number of likely N-dealkylation sites (N-methyl/N-ethyl adjacent to an activating group) is 1. The molecule has 2 rings (SSSR count). The Morgan fingerprint density at radius 2 is 2.00 bits per heavy atom. The largest absolute Gasteiger partial charge is 0.495 e. The fraction of sp³-hybridized carbons (Fsp3) is 0.588. The molecule has 1 aliphatic rings. The third-order valence-electron chi connectivity index (χ3n) is 4.39. The van der Waals surface area contributed by atoms with Gasteiger partial charge < -0.3 is 10.1 Å². The van der Waals surface area contributed by atoms with Gasteiger partial charge in [-0.3, -0.25) is 4.79 Å². The van der Waals surface area contributed by atoms with E-state index in [4.69, 9.17) is 4.74 Å². The summed E-state index contributed by atoms with van der Waals surface area (Å²) in [5.74, 6) is -0.970. The van der Waals surface area contributed by atoms with E-state index in [1.807, 2.05) is 0 Å². The zero-order chi connectivity index (χ0) is 18.4.